The van der Waals surface area contributed by atoms with Crippen molar-refractivity contribution >= 4 is 15.7 Å². The molecule has 0 unspecified atom stereocenters. The largest absolute Gasteiger partial charge is 0.277 e. The minimum atomic E-state index is -3.89. The number of anilines is 1. The quantitative estimate of drug-likeness (QED) is 0.916. The lowest BCUT2D eigenvalue weighted by Gasteiger charge is -2.07. The second-order valence-electron chi connectivity index (χ2n) is 3.76. The Morgan fingerprint density at radius 2 is 2.21 bits per heavy atom. The summed E-state index contributed by atoms with van der Waals surface area (Å²) in [5.74, 6) is -0.813. The third kappa shape index (κ3) is 2.71. The van der Waals surface area contributed by atoms with E-state index in [-0.39, 0.29) is 16.1 Å². The monoisotopic (exact) mass is 280 g/mol. The van der Waals surface area contributed by atoms with Crippen LogP contribution < -0.4 is 4.72 Å². The number of sulfonamides is 1. The summed E-state index contributed by atoms with van der Waals surface area (Å²) < 4.78 is 40.9. The zero-order valence-corrected chi connectivity index (χ0v) is 10.6. The van der Waals surface area contributed by atoms with Gasteiger partial charge in [-0.3, -0.25) is 9.40 Å². The van der Waals surface area contributed by atoms with E-state index in [0.29, 0.717) is 0 Å². The zero-order chi connectivity index (χ0) is 14.0. The fraction of sp³-hybridized carbons (Fsp3) is 0.0909. The Morgan fingerprint density at radius 3 is 2.74 bits per heavy atom. The lowest BCUT2D eigenvalue weighted by atomic mass is 10.2. The van der Waals surface area contributed by atoms with E-state index in [9.17, 15) is 12.8 Å². The number of aromatic nitrogens is 2. The molecule has 98 valence electrons. The molecule has 8 heteroatoms. The fourth-order valence-corrected chi connectivity index (χ4v) is 2.46. The second kappa shape index (κ2) is 4.70. The van der Waals surface area contributed by atoms with Crippen molar-refractivity contribution in [2.45, 2.75) is 4.90 Å². The van der Waals surface area contributed by atoms with E-state index >= 15 is 0 Å². The molecule has 0 amide bonds. The van der Waals surface area contributed by atoms with E-state index in [1.54, 1.807) is 13.1 Å². The number of nitrogens with zero attached hydrogens (tertiary/aromatic N) is 3. The van der Waals surface area contributed by atoms with Crippen LogP contribution in [0.15, 0.2) is 35.5 Å². The maximum Gasteiger partial charge on any atom is 0.265 e. The summed E-state index contributed by atoms with van der Waals surface area (Å²) >= 11 is 0. The van der Waals surface area contributed by atoms with Gasteiger partial charge in [0.25, 0.3) is 10.0 Å². The number of halogens is 1. The van der Waals surface area contributed by atoms with Crippen LogP contribution in [-0.4, -0.2) is 18.2 Å². The first-order valence-electron chi connectivity index (χ1n) is 5.13. The lowest BCUT2D eigenvalue weighted by Crippen LogP contribution is -2.13. The molecule has 0 atom stereocenters. The maximum atomic E-state index is 13.6. The highest BCUT2D eigenvalue weighted by molar-refractivity contribution is 7.92. The van der Waals surface area contributed by atoms with E-state index in [1.165, 1.54) is 23.0 Å². The third-order valence-electron chi connectivity index (χ3n) is 2.33. The highest BCUT2D eigenvalue weighted by Gasteiger charge is 2.18. The Balaban J connectivity index is 2.34. The van der Waals surface area contributed by atoms with Crippen LogP contribution in [0.4, 0.5) is 10.1 Å². The Kier molecular flexibility index (Phi) is 3.23. The number of hydrogen-bond acceptors (Lipinski definition) is 4. The first-order valence-corrected chi connectivity index (χ1v) is 6.62. The molecule has 2 rings (SSSR count). The van der Waals surface area contributed by atoms with E-state index in [2.05, 4.69) is 9.82 Å². The van der Waals surface area contributed by atoms with Gasteiger partial charge in [0.15, 0.2) is 0 Å². The molecule has 2 aromatic rings. The van der Waals surface area contributed by atoms with Crippen molar-refractivity contribution in [2.75, 3.05) is 4.72 Å². The molecule has 0 fully saturated rings. The predicted molar refractivity (Wildman–Crippen MR) is 65.1 cm³/mol. The molecule has 0 saturated heterocycles. The molecule has 0 radical (unpaired) electrons. The van der Waals surface area contributed by atoms with Gasteiger partial charge in [0.2, 0.25) is 0 Å². The number of aryl methyl sites for hydroxylation is 1. The van der Waals surface area contributed by atoms with Crippen LogP contribution in [0.3, 0.4) is 0 Å². The molecule has 0 saturated carbocycles. The molecule has 0 aliphatic rings. The number of hydrogen-bond donors (Lipinski definition) is 1. The Labute approximate surface area is 109 Å². The highest BCUT2D eigenvalue weighted by Crippen LogP contribution is 2.19. The summed E-state index contributed by atoms with van der Waals surface area (Å²) in [6, 6.07) is 5.24. The molecular weight excluding hydrogens is 271 g/mol. The first kappa shape index (κ1) is 13.0. The molecule has 1 aromatic heterocycles. The third-order valence-corrected chi connectivity index (χ3v) is 3.65. The van der Waals surface area contributed by atoms with Crippen LogP contribution in [0, 0.1) is 17.1 Å². The molecule has 0 bridgehead atoms. The van der Waals surface area contributed by atoms with Crippen molar-refractivity contribution in [1.29, 1.82) is 5.26 Å². The summed E-state index contributed by atoms with van der Waals surface area (Å²) in [6.07, 6.45) is 2.45. The standard InChI is InChI=1S/C11H9FN4O2S/c1-16-7-9(6-14-16)19(17,18)15-11-3-2-8(5-13)4-10(11)12/h2-4,6-7,15H,1H3. The summed E-state index contributed by atoms with van der Waals surface area (Å²) in [5.41, 5.74) is -0.107. The number of rotatable bonds is 3. The Morgan fingerprint density at radius 1 is 1.47 bits per heavy atom. The van der Waals surface area contributed by atoms with Crippen molar-refractivity contribution < 1.29 is 12.8 Å². The molecule has 0 aliphatic carbocycles. The molecule has 1 heterocycles. The Hall–Kier alpha value is -2.40. The highest BCUT2D eigenvalue weighted by atomic mass is 32.2. The maximum absolute atomic E-state index is 13.6. The van der Waals surface area contributed by atoms with Crippen molar-refractivity contribution in [3.8, 4) is 6.07 Å². The molecule has 1 aromatic carbocycles. The van der Waals surface area contributed by atoms with Crippen molar-refractivity contribution in [2.24, 2.45) is 7.05 Å². The first-order chi connectivity index (χ1) is 8.92. The number of nitrogens with one attached hydrogen (secondary N) is 1. The summed E-state index contributed by atoms with van der Waals surface area (Å²) in [7, 11) is -2.32. The van der Waals surface area contributed by atoms with Gasteiger partial charge in [0.1, 0.15) is 10.7 Å². The van der Waals surface area contributed by atoms with Crippen LogP contribution >= 0.6 is 0 Å². The predicted octanol–water partition coefficient (Wildman–Crippen LogP) is 1.23. The molecule has 0 aliphatic heterocycles. The minimum Gasteiger partial charge on any atom is -0.277 e. The van der Waals surface area contributed by atoms with Crippen LogP contribution in [0.25, 0.3) is 0 Å². The average Bonchev–Trinajstić information content (AvgIpc) is 2.79. The van der Waals surface area contributed by atoms with Gasteiger partial charge >= 0.3 is 0 Å². The van der Waals surface area contributed by atoms with Gasteiger partial charge in [0, 0.05) is 13.2 Å². The lowest BCUT2D eigenvalue weighted by molar-refractivity contribution is 0.598. The number of nitriles is 1. The van der Waals surface area contributed by atoms with Crippen LogP contribution in [0.5, 0.6) is 0 Å². The minimum absolute atomic E-state index is 0.0706. The van der Waals surface area contributed by atoms with Gasteiger partial charge in [-0.15, -0.1) is 0 Å². The van der Waals surface area contributed by atoms with Gasteiger partial charge in [-0.25, -0.2) is 12.8 Å². The molecule has 19 heavy (non-hydrogen) atoms. The van der Waals surface area contributed by atoms with Crippen LogP contribution in [0.1, 0.15) is 5.56 Å². The topological polar surface area (TPSA) is 87.8 Å². The van der Waals surface area contributed by atoms with E-state index in [4.69, 9.17) is 5.26 Å². The molecule has 0 spiro atoms. The van der Waals surface area contributed by atoms with Gasteiger partial charge in [0.05, 0.1) is 23.5 Å². The normalized spacial score (nSPS) is 11.0. The average molecular weight is 280 g/mol. The molecule has 6 nitrogen and oxygen atoms in total. The van der Waals surface area contributed by atoms with Gasteiger partial charge in [-0.05, 0) is 18.2 Å². The Bertz CT molecular complexity index is 761. The van der Waals surface area contributed by atoms with E-state index < -0.39 is 15.8 Å². The molecular formula is C11H9FN4O2S. The van der Waals surface area contributed by atoms with Crippen LogP contribution in [0.2, 0.25) is 0 Å². The van der Waals surface area contributed by atoms with Crippen molar-refractivity contribution in [1.82, 2.24) is 9.78 Å². The van der Waals surface area contributed by atoms with Crippen molar-refractivity contribution in [3.05, 3.63) is 42.0 Å². The SMILES string of the molecule is Cn1cc(S(=O)(=O)Nc2ccc(C#N)cc2F)cn1. The zero-order valence-electron chi connectivity index (χ0n) is 9.83. The van der Waals surface area contributed by atoms with Crippen molar-refractivity contribution in [3.63, 3.8) is 0 Å². The smallest absolute Gasteiger partial charge is 0.265 e. The van der Waals surface area contributed by atoms with Gasteiger partial charge in [-0.2, -0.15) is 10.4 Å². The van der Waals surface area contributed by atoms with E-state index in [0.717, 1.165) is 12.3 Å². The second-order valence-corrected chi connectivity index (χ2v) is 5.44. The summed E-state index contributed by atoms with van der Waals surface area (Å²) in [5, 5.41) is 12.3. The molecule has 1 N–H and O–H groups in total. The summed E-state index contributed by atoms with van der Waals surface area (Å²) in [6.45, 7) is 0. The van der Waals surface area contributed by atoms with E-state index in [1.807, 2.05) is 0 Å². The van der Waals surface area contributed by atoms with Gasteiger partial charge < -0.3 is 0 Å². The fourth-order valence-electron chi connectivity index (χ4n) is 1.41. The number of benzene rings is 1. The van der Waals surface area contributed by atoms with Gasteiger partial charge in [-0.1, -0.05) is 0 Å². The van der Waals surface area contributed by atoms with Crippen LogP contribution in [-0.2, 0) is 17.1 Å². The summed E-state index contributed by atoms with van der Waals surface area (Å²) in [4.78, 5) is -0.0706.